The van der Waals surface area contributed by atoms with E-state index in [1.807, 2.05) is 0 Å². The third-order valence-corrected chi connectivity index (χ3v) is 1.80. The minimum absolute atomic E-state index is 0.0322. The van der Waals surface area contributed by atoms with Gasteiger partial charge in [-0.3, -0.25) is 10.1 Å². The monoisotopic (exact) mass is 222 g/mol. The van der Waals surface area contributed by atoms with Gasteiger partial charge in [-0.05, 0) is 5.56 Å². The van der Waals surface area contributed by atoms with Gasteiger partial charge in [-0.1, -0.05) is 12.1 Å². The Labute approximate surface area is 91.4 Å². The van der Waals surface area contributed by atoms with Crippen LogP contribution in [0.3, 0.4) is 0 Å². The summed E-state index contributed by atoms with van der Waals surface area (Å²) in [5, 5.41) is 21.4. The fourth-order valence-corrected chi connectivity index (χ4v) is 1.04. The van der Waals surface area contributed by atoms with Gasteiger partial charge in [0.15, 0.2) is 0 Å². The van der Waals surface area contributed by atoms with E-state index in [1.54, 1.807) is 12.1 Å². The van der Waals surface area contributed by atoms with Crippen molar-refractivity contribution in [3.63, 3.8) is 0 Å². The zero-order valence-electron chi connectivity index (χ0n) is 8.29. The molecule has 0 fully saturated rings. The highest BCUT2D eigenvalue weighted by Crippen LogP contribution is 2.11. The molecule has 16 heavy (non-hydrogen) atoms. The van der Waals surface area contributed by atoms with Crippen molar-refractivity contribution in [1.82, 2.24) is 5.32 Å². The third-order valence-electron chi connectivity index (χ3n) is 1.80. The van der Waals surface area contributed by atoms with Gasteiger partial charge in [-0.25, -0.2) is 4.79 Å². The Morgan fingerprint density at radius 2 is 2.06 bits per heavy atom. The molecule has 0 unspecified atom stereocenters. The molecule has 0 spiro atoms. The molecular weight excluding hydrogens is 212 g/mol. The number of non-ortho nitro benzene ring substituents is 1. The van der Waals surface area contributed by atoms with Crippen LogP contribution in [-0.2, 0) is 11.3 Å². The lowest BCUT2D eigenvalue weighted by molar-refractivity contribution is -0.384. The Morgan fingerprint density at radius 3 is 2.56 bits per heavy atom. The van der Waals surface area contributed by atoms with Crippen LogP contribution in [0.15, 0.2) is 36.5 Å². The van der Waals surface area contributed by atoms with Crippen molar-refractivity contribution in [2.24, 2.45) is 0 Å². The summed E-state index contributed by atoms with van der Waals surface area (Å²) < 4.78 is 0. The molecule has 0 aliphatic heterocycles. The van der Waals surface area contributed by atoms with Crippen molar-refractivity contribution in [3.05, 3.63) is 52.2 Å². The van der Waals surface area contributed by atoms with Crippen molar-refractivity contribution in [3.8, 4) is 0 Å². The van der Waals surface area contributed by atoms with E-state index < -0.39 is 10.9 Å². The lowest BCUT2D eigenvalue weighted by Crippen LogP contribution is -2.05. The van der Waals surface area contributed by atoms with E-state index in [0.29, 0.717) is 6.54 Å². The second kappa shape index (κ2) is 5.50. The number of carboxylic acid groups (broad SMARTS) is 1. The van der Waals surface area contributed by atoms with Gasteiger partial charge in [0.2, 0.25) is 0 Å². The van der Waals surface area contributed by atoms with Gasteiger partial charge in [0.1, 0.15) is 0 Å². The maximum absolute atomic E-state index is 10.4. The van der Waals surface area contributed by atoms with E-state index in [9.17, 15) is 14.9 Å². The van der Waals surface area contributed by atoms with Crippen LogP contribution in [0.5, 0.6) is 0 Å². The summed E-state index contributed by atoms with van der Waals surface area (Å²) >= 11 is 0. The maximum atomic E-state index is 10.4. The van der Waals surface area contributed by atoms with E-state index in [2.05, 4.69) is 5.32 Å². The molecule has 1 aromatic carbocycles. The summed E-state index contributed by atoms with van der Waals surface area (Å²) in [5.41, 5.74) is 0.866. The predicted molar refractivity (Wildman–Crippen MR) is 56.7 cm³/mol. The fraction of sp³-hybridized carbons (Fsp3) is 0.100. The molecule has 0 atom stereocenters. The van der Waals surface area contributed by atoms with Crippen LogP contribution >= 0.6 is 0 Å². The van der Waals surface area contributed by atoms with Crippen LogP contribution in [0.2, 0.25) is 0 Å². The first-order valence-corrected chi connectivity index (χ1v) is 4.46. The topological polar surface area (TPSA) is 92.5 Å². The second-order valence-electron chi connectivity index (χ2n) is 2.98. The maximum Gasteiger partial charge on any atom is 0.329 e. The second-order valence-corrected chi connectivity index (χ2v) is 2.98. The first-order chi connectivity index (χ1) is 7.59. The minimum Gasteiger partial charge on any atom is -0.478 e. The fourth-order valence-electron chi connectivity index (χ4n) is 1.04. The number of rotatable bonds is 5. The van der Waals surface area contributed by atoms with E-state index in [-0.39, 0.29) is 5.69 Å². The van der Waals surface area contributed by atoms with Gasteiger partial charge < -0.3 is 10.4 Å². The molecule has 1 aromatic rings. The number of aliphatic carboxylic acids is 1. The molecule has 0 radical (unpaired) electrons. The van der Waals surface area contributed by atoms with E-state index >= 15 is 0 Å². The predicted octanol–water partition coefficient (Wildman–Crippen LogP) is 1.28. The van der Waals surface area contributed by atoms with Crippen molar-refractivity contribution in [2.45, 2.75) is 6.54 Å². The Balaban J connectivity index is 2.49. The van der Waals surface area contributed by atoms with Gasteiger partial charge in [0.05, 0.1) is 4.92 Å². The number of hydrogen-bond donors (Lipinski definition) is 2. The average molecular weight is 222 g/mol. The molecule has 0 aliphatic carbocycles. The molecule has 0 aromatic heterocycles. The Hall–Kier alpha value is -2.37. The van der Waals surface area contributed by atoms with Crippen molar-refractivity contribution in [2.75, 3.05) is 0 Å². The summed E-state index contributed by atoms with van der Waals surface area (Å²) in [5.74, 6) is -1.03. The molecule has 0 aliphatic rings. The molecule has 1 rings (SSSR count). The van der Waals surface area contributed by atoms with E-state index in [0.717, 1.165) is 11.6 Å². The zero-order valence-corrected chi connectivity index (χ0v) is 8.29. The van der Waals surface area contributed by atoms with Gasteiger partial charge in [0, 0.05) is 31.0 Å². The Morgan fingerprint density at radius 1 is 1.44 bits per heavy atom. The minimum atomic E-state index is -1.03. The number of carboxylic acids is 1. The van der Waals surface area contributed by atoms with Crippen molar-refractivity contribution >= 4 is 11.7 Å². The van der Waals surface area contributed by atoms with Gasteiger partial charge in [-0.2, -0.15) is 0 Å². The number of nitro groups is 1. The average Bonchev–Trinajstić information content (AvgIpc) is 2.25. The highest BCUT2D eigenvalue weighted by molar-refractivity contribution is 5.79. The van der Waals surface area contributed by atoms with Gasteiger partial charge in [-0.15, -0.1) is 0 Å². The smallest absolute Gasteiger partial charge is 0.329 e. The first kappa shape index (κ1) is 11.7. The molecule has 0 amide bonds. The molecule has 84 valence electrons. The summed E-state index contributed by atoms with van der Waals surface area (Å²) in [4.78, 5) is 20.0. The quantitative estimate of drug-likeness (QED) is 0.444. The molecule has 6 heteroatoms. The van der Waals surface area contributed by atoms with Crippen LogP contribution in [0.4, 0.5) is 5.69 Å². The molecule has 6 nitrogen and oxygen atoms in total. The Kier molecular flexibility index (Phi) is 4.02. The number of nitrogens with one attached hydrogen (secondary N) is 1. The van der Waals surface area contributed by atoms with E-state index in [1.165, 1.54) is 18.3 Å². The summed E-state index contributed by atoms with van der Waals surface area (Å²) in [6, 6.07) is 6.02. The number of nitro benzene ring substituents is 1. The van der Waals surface area contributed by atoms with Gasteiger partial charge >= 0.3 is 5.97 Å². The number of benzene rings is 1. The molecule has 0 heterocycles. The standard InChI is InChI=1S/C10H10N2O4/c13-10(14)5-6-11-7-8-1-3-9(4-2-8)12(15)16/h1-6,11H,7H2,(H,13,14)/b6-5+. The van der Waals surface area contributed by atoms with Crippen LogP contribution < -0.4 is 5.32 Å². The normalized spacial score (nSPS) is 10.2. The largest absolute Gasteiger partial charge is 0.478 e. The first-order valence-electron chi connectivity index (χ1n) is 4.46. The number of hydrogen-bond acceptors (Lipinski definition) is 4. The molecule has 0 saturated carbocycles. The number of nitrogens with zero attached hydrogens (tertiary/aromatic N) is 1. The SMILES string of the molecule is O=C(O)/C=C/NCc1ccc([N+](=O)[O-])cc1. The van der Waals surface area contributed by atoms with Gasteiger partial charge in [0.25, 0.3) is 5.69 Å². The number of carbonyl (C=O) groups is 1. The molecule has 0 saturated heterocycles. The zero-order chi connectivity index (χ0) is 12.0. The Bertz CT molecular complexity index is 411. The van der Waals surface area contributed by atoms with Crippen LogP contribution in [0.1, 0.15) is 5.56 Å². The lowest BCUT2D eigenvalue weighted by Gasteiger charge is -2.00. The molecule has 0 bridgehead atoms. The van der Waals surface area contributed by atoms with E-state index in [4.69, 9.17) is 5.11 Å². The summed E-state index contributed by atoms with van der Waals surface area (Å²) in [6.07, 6.45) is 2.29. The van der Waals surface area contributed by atoms with Crippen molar-refractivity contribution in [1.29, 1.82) is 0 Å². The van der Waals surface area contributed by atoms with Crippen LogP contribution in [0.25, 0.3) is 0 Å². The highest BCUT2D eigenvalue weighted by Gasteiger charge is 2.02. The summed E-state index contributed by atoms with van der Waals surface area (Å²) in [6.45, 7) is 0.418. The third kappa shape index (κ3) is 3.79. The molecular formula is C10H10N2O4. The lowest BCUT2D eigenvalue weighted by atomic mass is 10.2. The summed E-state index contributed by atoms with van der Waals surface area (Å²) in [7, 11) is 0. The van der Waals surface area contributed by atoms with Crippen LogP contribution in [-0.4, -0.2) is 16.0 Å². The van der Waals surface area contributed by atoms with Crippen LogP contribution in [0, 0.1) is 10.1 Å². The molecule has 2 N–H and O–H groups in total. The van der Waals surface area contributed by atoms with Crippen molar-refractivity contribution < 1.29 is 14.8 Å². The highest BCUT2D eigenvalue weighted by atomic mass is 16.6.